The number of rotatable bonds is 2. The van der Waals surface area contributed by atoms with Gasteiger partial charge in [0.2, 0.25) is 0 Å². The molecule has 15 heavy (non-hydrogen) atoms. The van der Waals surface area contributed by atoms with E-state index in [-0.39, 0.29) is 0 Å². The molecule has 0 aliphatic rings. The summed E-state index contributed by atoms with van der Waals surface area (Å²) in [7, 11) is 0. The van der Waals surface area contributed by atoms with Gasteiger partial charge in [0, 0.05) is 23.3 Å². The van der Waals surface area contributed by atoms with Gasteiger partial charge in [-0.3, -0.25) is 0 Å². The van der Waals surface area contributed by atoms with Crippen LogP contribution in [-0.2, 0) is 6.54 Å². The van der Waals surface area contributed by atoms with Crippen LogP contribution in [0.1, 0.15) is 11.3 Å². The predicted octanol–water partition coefficient (Wildman–Crippen LogP) is 2.29. The van der Waals surface area contributed by atoms with E-state index in [4.69, 9.17) is 17.3 Å². The van der Waals surface area contributed by atoms with Crippen molar-refractivity contribution in [2.24, 2.45) is 5.73 Å². The lowest BCUT2D eigenvalue weighted by molar-refractivity contribution is 0.863. The summed E-state index contributed by atoms with van der Waals surface area (Å²) in [5, 5.41) is 5.10. The van der Waals surface area contributed by atoms with Gasteiger partial charge in [0.05, 0.1) is 11.4 Å². The van der Waals surface area contributed by atoms with Crippen LogP contribution in [0.15, 0.2) is 30.5 Å². The summed E-state index contributed by atoms with van der Waals surface area (Å²) in [5.74, 6) is 0. The largest absolute Gasteiger partial charge is 0.326 e. The first kappa shape index (κ1) is 10.2. The van der Waals surface area contributed by atoms with Crippen molar-refractivity contribution in [2.45, 2.75) is 13.5 Å². The maximum Gasteiger partial charge on any atom is 0.0646 e. The maximum atomic E-state index is 5.81. The summed E-state index contributed by atoms with van der Waals surface area (Å²) >= 11 is 5.81. The summed E-state index contributed by atoms with van der Waals surface area (Å²) in [6, 6.07) is 7.54. The van der Waals surface area contributed by atoms with Crippen molar-refractivity contribution in [1.82, 2.24) is 9.78 Å². The third kappa shape index (κ3) is 2.03. The Kier molecular flexibility index (Phi) is 2.75. The number of halogens is 1. The minimum absolute atomic E-state index is 0.513. The first-order valence-electron chi connectivity index (χ1n) is 4.72. The van der Waals surface area contributed by atoms with Crippen molar-refractivity contribution >= 4 is 11.6 Å². The molecule has 1 aromatic heterocycles. The lowest BCUT2D eigenvalue weighted by Gasteiger charge is -2.00. The summed E-state index contributed by atoms with van der Waals surface area (Å²) in [6.45, 7) is 2.47. The zero-order valence-corrected chi connectivity index (χ0v) is 9.20. The maximum absolute atomic E-state index is 5.81. The predicted molar refractivity (Wildman–Crippen MR) is 61.2 cm³/mol. The van der Waals surface area contributed by atoms with Gasteiger partial charge in [0.1, 0.15) is 0 Å². The molecule has 0 spiro atoms. The van der Waals surface area contributed by atoms with E-state index in [0.29, 0.717) is 6.54 Å². The molecule has 2 N–H and O–H groups in total. The Hall–Kier alpha value is -1.32. The molecule has 0 atom stereocenters. The molecule has 0 saturated heterocycles. The molecule has 0 unspecified atom stereocenters. The third-order valence-corrected chi connectivity index (χ3v) is 2.56. The van der Waals surface area contributed by atoms with Gasteiger partial charge < -0.3 is 5.73 Å². The van der Waals surface area contributed by atoms with Crippen LogP contribution < -0.4 is 5.73 Å². The molecule has 0 bridgehead atoms. The van der Waals surface area contributed by atoms with Crippen LogP contribution in [0.5, 0.6) is 0 Å². The highest BCUT2D eigenvalue weighted by Crippen LogP contribution is 2.14. The summed E-state index contributed by atoms with van der Waals surface area (Å²) in [4.78, 5) is 0. The number of hydrogen-bond donors (Lipinski definition) is 1. The van der Waals surface area contributed by atoms with Gasteiger partial charge in [-0.05, 0) is 31.2 Å². The van der Waals surface area contributed by atoms with Crippen LogP contribution in [0.3, 0.4) is 0 Å². The Balaban J connectivity index is 2.41. The van der Waals surface area contributed by atoms with E-state index in [2.05, 4.69) is 5.10 Å². The second-order valence-electron chi connectivity index (χ2n) is 3.36. The highest BCUT2D eigenvalue weighted by molar-refractivity contribution is 6.30. The Morgan fingerprint density at radius 2 is 2.00 bits per heavy atom. The van der Waals surface area contributed by atoms with Gasteiger partial charge in [0.25, 0.3) is 0 Å². The van der Waals surface area contributed by atoms with Crippen molar-refractivity contribution in [3.63, 3.8) is 0 Å². The Bertz CT molecular complexity index is 459. The molecule has 0 radical (unpaired) electrons. The average Bonchev–Trinajstić information content (AvgIpc) is 2.61. The normalized spacial score (nSPS) is 10.6. The second kappa shape index (κ2) is 4.04. The van der Waals surface area contributed by atoms with Gasteiger partial charge in [-0.15, -0.1) is 0 Å². The lowest BCUT2D eigenvalue weighted by atomic mass is 10.3. The van der Waals surface area contributed by atoms with E-state index in [0.717, 1.165) is 22.0 Å². The minimum atomic E-state index is 0.513. The molecule has 0 amide bonds. The summed E-state index contributed by atoms with van der Waals surface area (Å²) in [5.41, 5.74) is 8.61. The lowest BCUT2D eigenvalue weighted by Crippen LogP contribution is -1.95. The van der Waals surface area contributed by atoms with Crippen LogP contribution in [-0.4, -0.2) is 9.78 Å². The van der Waals surface area contributed by atoms with Crippen molar-refractivity contribution in [3.05, 3.63) is 46.7 Å². The fraction of sp³-hybridized carbons (Fsp3) is 0.182. The van der Waals surface area contributed by atoms with Gasteiger partial charge in [0.15, 0.2) is 0 Å². The van der Waals surface area contributed by atoms with Crippen molar-refractivity contribution in [3.8, 4) is 5.69 Å². The summed E-state index contributed by atoms with van der Waals surface area (Å²) in [6.07, 6.45) is 1.94. The second-order valence-corrected chi connectivity index (χ2v) is 3.80. The molecule has 2 rings (SSSR count). The first-order valence-corrected chi connectivity index (χ1v) is 5.09. The van der Waals surface area contributed by atoms with Crippen molar-refractivity contribution in [2.75, 3.05) is 0 Å². The number of aromatic nitrogens is 2. The van der Waals surface area contributed by atoms with Crippen molar-refractivity contribution in [1.29, 1.82) is 0 Å². The van der Waals surface area contributed by atoms with Crippen LogP contribution in [0.4, 0.5) is 0 Å². The minimum Gasteiger partial charge on any atom is -0.326 e. The quantitative estimate of drug-likeness (QED) is 0.846. The van der Waals surface area contributed by atoms with Gasteiger partial charge in [-0.1, -0.05) is 11.6 Å². The summed E-state index contributed by atoms with van der Waals surface area (Å²) < 4.78 is 1.81. The molecule has 78 valence electrons. The van der Waals surface area contributed by atoms with Gasteiger partial charge in [-0.25, -0.2) is 4.68 Å². The third-order valence-electron chi connectivity index (χ3n) is 2.31. The Labute approximate surface area is 93.5 Å². The van der Waals surface area contributed by atoms with Crippen LogP contribution in [0.25, 0.3) is 5.69 Å². The number of nitrogens with two attached hydrogens (primary N) is 1. The number of nitrogens with zero attached hydrogens (tertiary/aromatic N) is 2. The van der Waals surface area contributed by atoms with Crippen LogP contribution in [0, 0.1) is 6.92 Å². The SMILES string of the molecule is Cc1nn(-c2ccc(Cl)cc2)cc1CN. The zero-order valence-electron chi connectivity index (χ0n) is 8.44. The molecule has 0 saturated carbocycles. The van der Waals surface area contributed by atoms with E-state index in [9.17, 15) is 0 Å². The number of aryl methyl sites for hydroxylation is 1. The fourth-order valence-corrected chi connectivity index (χ4v) is 1.55. The standard InChI is InChI=1S/C11H12ClN3/c1-8-9(6-13)7-15(14-8)11-4-2-10(12)3-5-11/h2-5,7H,6,13H2,1H3. The van der Waals surface area contributed by atoms with Crippen molar-refractivity contribution < 1.29 is 0 Å². The van der Waals surface area contributed by atoms with Crippen LogP contribution in [0.2, 0.25) is 5.02 Å². The molecule has 0 aliphatic heterocycles. The van der Waals surface area contributed by atoms with E-state index < -0.39 is 0 Å². The molecule has 1 heterocycles. The Morgan fingerprint density at radius 3 is 2.53 bits per heavy atom. The molecule has 3 nitrogen and oxygen atoms in total. The van der Waals surface area contributed by atoms with E-state index in [1.807, 2.05) is 42.1 Å². The Morgan fingerprint density at radius 1 is 1.33 bits per heavy atom. The highest BCUT2D eigenvalue weighted by atomic mass is 35.5. The molecule has 4 heteroatoms. The molecule has 2 aromatic rings. The zero-order chi connectivity index (χ0) is 10.8. The highest BCUT2D eigenvalue weighted by Gasteiger charge is 2.04. The van der Waals surface area contributed by atoms with E-state index in [1.165, 1.54) is 0 Å². The molecular formula is C11H12ClN3. The molecule has 1 aromatic carbocycles. The molecular weight excluding hydrogens is 210 g/mol. The number of hydrogen-bond acceptors (Lipinski definition) is 2. The first-order chi connectivity index (χ1) is 7.20. The van der Waals surface area contributed by atoms with Crippen LogP contribution >= 0.6 is 11.6 Å². The average molecular weight is 222 g/mol. The number of benzene rings is 1. The smallest absolute Gasteiger partial charge is 0.0646 e. The molecule has 0 aliphatic carbocycles. The van der Waals surface area contributed by atoms with Gasteiger partial charge >= 0.3 is 0 Å². The fourth-order valence-electron chi connectivity index (χ4n) is 1.42. The van der Waals surface area contributed by atoms with E-state index >= 15 is 0 Å². The van der Waals surface area contributed by atoms with Gasteiger partial charge in [-0.2, -0.15) is 5.10 Å². The molecule has 0 fully saturated rings. The van der Waals surface area contributed by atoms with E-state index in [1.54, 1.807) is 0 Å². The monoisotopic (exact) mass is 221 g/mol. The topological polar surface area (TPSA) is 43.8 Å².